The molecule has 0 amide bonds. The number of halogens is 1. The third-order valence-corrected chi connectivity index (χ3v) is 5.63. The fourth-order valence-corrected chi connectivity index (χ4v) is 4.70. The third kappa shape index (κ3) is 5.95. The van der Waals surface area contributed by atoms with Crippen molar-refractivity contribution < 1.29 is 17.2 Å². The van der Waals surface area contributed by atoms with Gasteiger partial charge in [-0.15, -0.1) is 10.2 Å². The van der Waals surface area contributed by atoms with Crippen molar-refractivity contribution in [1.29, 1.82) is 0 Å². The summed E-state index contributed by atoms with van der Waals surface area (Å²) in [5, 5.41) is 8.18. The number of rotatable bonds is 7. The van der Waals surface area contributed by atoms with E-state index in [2.05, 4.69) is 10.2 Å². The Labute approximate surface area is 139 Å². The molecular formula is C15H19FN2O3S2. The van der Waals surface area contributed by atoms with E-state index in [1.54, 1.807) is 18.2 Å². The molecule has 0 saturated carbocycles. The summed E-state index contributed by atoms with van der Waals surface area (Å²) in [6, 6.07) is 6.42. The number of sulfone groups is 1. The van der Waals surface area contributed by atoms with Crippen LogP contribution in [0, 0.1) is 11.2 Å². The van der Waals surface area contributed by atoms with E-state index >= 15 is 0 Å². The van der Waals surface area contributed by atoms with Crippen LogP contribution in [0.3, 0.4) is 0 Å². The van der Waals surface area contributed by atoms with Crippen LogP contribution in [0.15, 0.2) is 33.9 Å². The lowest BCUT2D eigenvalue weighted by atomic mass is 10.0. The number of thioether (sulfide) groups is 1. The van der Waals surface area contributed by atoms with Crippen LogP contribution in [-0.4, -0.2) is 36.4 Å². The summed E-state index contributed by atoms with van der Waals surface area (Å²) in [7, 11) is -3.05. The molecule has 0 unspecified atom stereocenters. The largest absolute Gasteiger partial charge is 0.416 e. The van der Waals surface area contributed by atoms with Crippen LogP contribution in [0.2, 0.25) is 0 Å². The van der Waals surface area contributed by atoms with Gasteiger partial charge in [0.05, 0.1) is 12.2 Å². The van der Waals surface area contributed by atoms with Crippen LogP contribution < -0.4 is 0 Å². The molecule has 1 aromatic carbocycles. The third-order valence-electron chi connectivity index (χ3n) is 2.99. The average molecular weight is 358 g/mol. The second-order valence-corrected chi connectivity index (χ2v) is 9.32. The fourth-order valence-electron chi connectivity index (χ4n) is 2.18. The van der Waals surface area contributed by atoms with Crippen LogP contribution >= 0.6 is 11.8 Å². The molecule has 0 radical (unpaired) electrons. The van der Waals surface area contributed by atoms with Crippen LogP contribution in [0.1, 0.15) is 25.3 Å². The Morgan fingerprint density at radius 1 is 1.26 bits per heavy atom. The van der Waals surface area contributed by atoms with E-state index in [9.17, 15) is 12.8 Å². The molecule has 8 heteroatoms. The molecule has 2 aromatic rings. The van der Waals surface area contributed by atoms with Gasteiger partial charge in [-0.25, -0.2) is 12.8 Å². The van der Waals surface area contributed by atoms with Crippen molar-refractivity contribution in [3.63, 3.8) is 0 Å². The van der Waals surface area contributed by atoms with Crippen molar-refractivity contribution in [2.45, 2.75) is 25.5 Å². The van der Waals surface area contributed by atoms with E-state index < -0.39 is 15.3 Å². The molecule has 0 aliphatic heterocycles. The zero-order chi connectivity index (χ0) is 17.1. The molecule has 0 aliphatic rings. The molecule has 0 N–H and O–H groups in total. The highest BCUT2D eigenvalue weighted by Gasteiger charge is 2.25. The first-order chi connectivity index (χ1) is 10.6. The van der Waals surface area contributed by atoms with Gasteiger partial charge in [-0.1, -0.05) is 43.8 Å². The highest BCUT2D eigenvalue weighted by molar-refractivity contribution is 7.99. The molecule has 0 fully saturated rings. The predicted octanol–water partition coefficient (Wildman–Crippen LogP) is 2.96. The molecule has 5 nitrogen and oxygen atoms in total. The van der Waals surface area contributed by atoms with Gasteiger partial charge >= 0.3 is 0 Å². The van der Waals surface area contributed by atoms with Crippen LogP contribution in [0.4, 0.5) is 4.39 Å². The molecule has 1 aromatic heterocycles. The first-order valence-electron chi connectivity index (χ1n) is 7.01. The van der Waals surface area contributed by atoms with Crippen molar-refractivity contribution in [2.24, 2.45) is 5.41 Å². The number of hydrogen-bond acceptors (Lipinski definition) is 6. The predicted molar refractivity (Wildman–Crippen MR) is 87.7 cm³/mol. The lowest BCUT2D eigenvalue weighted by Gasteiger charge is -2.21. The summed E-state index contributed by atoms with van der Waals surface area (Å²) in [4.78, 5) is 0. The van der Waals surface area contributed by atoms with Gasteiger partial charge in [-0.3, -0.25) is 0 Å². The Kier molecular flexibility index (Phi) is 5.46. The monoisotopic (exact) mass is 358 g/mol. The first-order valence-corrected chi connectivity index (χ1v) is 10.1. The highest BCUT2D eigenvalue weighted by atomic mass is 32.2. The van der Waals surface area contributed by atoms with Crippen LogP contribution in [-0.2, 0) is 16.3 Å². The summed E-state index contributed by atoms with van der Waals surface area (Å²) in [5.74, 6) is 0.637. The van der Waals surface area contributed by atoms with E-state index in [-0.39, 0.29) is 18.0 Å². The van der Waals surface area contributed by atoms with Gasteiger partial charge in [0, 0.05) is 12.0 Å². The molecule has 0 atom stereocenters. The molecule has 0 saturated heterocycles. The van der Waals surface area contributed by atoms with Crippen molar-refractivity contribution in [2.75, 3.05) is 17.8 Å². The van der Waals surface area contributed by atoms with Crippen molar-refractivity contribution >= 4 is 21.6 Å². The van der Waals surface area contributed by atoms with Crippen LogP contribution in [0.5, 0.6) is 0 Å². The van der Waals surface area contributed by atoms with E-state index in [0.29, 0.717) is 22.4 Å². The standard InChI is InChI=1S/C15H19FN2O3S2/c1-15(2,10-23(3,19)20)9-22-14-18-17-13(21-14)8-11-6-4-5-7-12(11)16/h4-7H,8-10H2,1-3H3. The van der Waals surface area contributed by atoms with Gasteiger partial charge in [-0.05, 0) is 17.0 Å². The van der Waals surface area contributed by atoms with E-state index in [4.69, 9.17) is 4.42 Å². The minimum absolute atomic E-state index is 0.0865. The molecule has 0 bridgehead atoms. The molecule has 1 heterocycles. The zero-order valence-corrected chi connectivity index (χ0v) is 14.9. The van der Waals surface area contributed by atoms with Gasteiger partial charge in [0.15, 0.2) is 0 Å². The zero-order valence-electron chi connectivity index (χ0n) is 13.2. The first kappa shape index (κ1) is 17.9. The Morgan fingerprint density at radius 2 is 1.96 bits per heavy atom. The molecular weight excluding hydrogens is 339 g/mol. The van der Waals surface area contributed by atoms with E-state index in [1.807, 2.05) is 13.8 Å². The second kappa shape index (κ2) is 7.00. The summed E-state index contributed by atoms with van der Waals surface area (Å²) in [6.45, 7) is 3.75. The lowest BCUT2D eigenvalue weighted by molar-refractivity contribution is 0.414. The number of nitrogens with zero attached hydrogens (tertiary/aromatic N) is 2. The highest BCUT2D eigenvalue weighted by Crippen LogP contribution is 2.28. The lowest BCUT2D eigenvalue weighted by Crippen LogP contribution is -2.25. The molecule has 0 spiro atoms. The SMILES string of the molecule is CC(C)(CSc1nnc(Cc2ccccc2F)o1)CS(C)(=O)=O. The van der Waals surface area contributed by atoms with Crippen molar-refractivity contribution in [3.05, 3.63) is 41.5 Å². The number of aromatic nitrogens is 2. The summed E-state index contributed by atoms with van der Waals surface area (Å²) in [5.41, 5.74) is 0.0865. The maximum atomic E-state index is 13.6. The van der Waals surface area contributed by atoms with Gasteiger partial charge < -0.3 is 4.42 Å². The fraction of sp³-hybridized carbons (Fsp3) is 0.467. The Bertz CT molecular complexity index is 773. The maximum absolute atomic E-state index is 13.6. The normalized spacial score (nSPS) is 12.5. The van der Waals surface area contributed by atoms with Gasteiger partial charge in [0.2, 0.25) is 5.89 Å². The Morgan fingerprint density at radius 3 is 2.61 bits per heavy atom. The molecule has 126 valence electrons. The van der Waals surface area contributed by atoms with Gasteiger partial charge in [0.25, 0.3) is 5.22 Å². The average Bonchev–Trinajstić information content (AvgIpc) is 2.84. The van der Waals surface area contributed by atoms with E-state index in [0.717, 1.165) is 0 Å². The summed E-state index contributed by atoms with van der Waals surface area (Å²) in [6.07, 6.45) is 1.45. The Balaban J connectivity index is 1.96. The smallest absolute Gasteiger partial charge is 0.276 e. The summed E-state index contributed by atoms with van der Waals surface area (Å²) < 4.78 is 41.9. The van der Waals surface area contributed by atoms with Crippen molar-refractivity contribution in [1.82, 2.24) is 10.2 Å². The Hall–Kier alpha value is -1.41. The topological polar surface area (TPSA) is 73.1 Å². The van der Waals surface area contributed by atoms with Gasteiger partial charge in [-0.2, -0.15) is 0 Å². The quantitative estimate of drug-likeness (QED) is 0.709. The minimum atomic E-state index is -3.05. The molecule has 0 aliphatic carbocycles. The van der Waals surface area contributed by atoms with Crippen molar-refractivity contribution in [3.8, 4) is 0 Å². The molecule has 2 rings (SSSR count). The molecule has 23 heavy (non-hydrogen) atoms. The van der Waals surface area contributed by atoms with E-state index in [1.165, 1.54) is 24.1 Å². The second-order valence-electron chi connectivity index (χ2n) is 6.25. The van der Waals surface area contributed by atoms with Crippen LogP contribution in [0.25, 0.3) is 0 Å². The summed E-state index contributed by atoms with van der Waals surface area (Å²) >= 11 is 1.31. The van der Waals surface area contributed by atoms with Gasteiger partial charge in [0.1, 0.15) is 15.7 Å². The number of hydrogen-bond donors (Lipinski definition) is 0. The minimum Gasteiger partial charge on any atom is -0.416 e. The maximum Gasteiger partial charge on any atom is 0.276 e. The number of benzene rings is 1.